The molecule has 2 fully saturated rings. The van der Waals surface area contributed by atoms with Crippen LogP contribution in [0.15, 0.2) is 18.2 Å². The zero-order chi connectivity index (χ0) is 16.8. The third-order valence-electron chi connectivity index (χ3n) is 5.01. The number of carbonyl (C=O) groups excluding carboxylic acids is 1. The summed E-state index contributed by atoms with van der Waals surface area (Å²) in [6.07, 6.45) is 3.70. The van der Waals surface area contributed by atoms with Crippen LogP contribution >= 0.6 is 0 Å². The normalized spacial score (nSPS) is 28.6. The van der Waals surface area contributed by atoms with Crippen LogP contribution in [0.4, 0.5) is 11.4 Å². The van der Waals surface area contributed by atoms with E-state index in [0.29, 0.717) is 5.92 Å². The number of benzene rings is 1. The van der Waals surface area contributed by atoms with E-state index < -0.39 is 27.2 Å². The van der Waals surface area contributed by atoms with Crippen molar-refractivity contribution in [1.29, 1.82) is 0 Å². The van der Waals surface area contributed by atoms with E-state index in [0.717, 1.165) is 43.9 Å². The molecule has 0 radical (unpaired) electrons. The van der Waals surface area contributed by atoms with Crippen molar-refractivity contribution < 1.29 is 19.4 Å². The second-order valence-corrected chi connectivity index (χ2v) is 6.64. The summed E-state index contributed by atoms with van der Waals surface area (Å²) in [5, 5.41) is 21.8. The van der Waals surface area contributed by atoms with Gasteiger partial charge in [0.2, 0.25) is 0 Å². The lowest BCUT2D eigenvalue weighted by Gasteiger charge is -2.30. The molecule has 0 aliphatic heterocycles. The van der Waals surface area contributed by atoms with Crippen LogP contribution in [0.1, 0.15) is 43.0 Å². The van der Waals surface area contributed by atoms with Crippen LogP contribution in [0.5, 0.6) is 0 Å². The van der Waals surface area contributed by atoms with E-state index in [9.17, 15) is 25.0 Å². The lowest BCUT2D eigenvalue weighted by molar-refractivity contribution is -0.394. The first kappa shape index (κ1) is 15.4. The van der Waals surface area contributed by atoms with Crippen molar-refractivity contribution in [1.82, 2.24) is 0 Å². The highest BCUT2D eigenvalue weighted by Crippen LogP contribution is 2.55. The van der Waals surface area contributed by atoms with Crippen molar-refractivity contribution in [2.75, 3.05) is 0 Å². The molecule has 8 heteroatoms. The van der Waals surface area contributed by atoms with Crippen molar-refractivity contribution in [3.8, 4) is 0 Å². The Morgan fingerprint density at radius 1 is 1.22 bits per heavy atom. The van der Waals surface area contributed by atoms with E-state index in [1.807, 2.05) is 0 Å². The van der Waals surface area contributed by atoms with E-state index in [4.69, 9.17) is 4.74 Å². The Kier molecular flexibility index (Phi) is 3.54. The Bertz CT molecular complexity index is 671. The number of nitro benzene ring substituents is 2. The third kappa shape index (κ3) is 2.76. The summed E-state index contributed by atoms with van der Waals surface area (Å²) < 4.78 is 5.52. The summed E-state index contributed by atoms with van der Waals surface area (Å²) in [5.74, 6) is -0.187. The second kappa shape index (κ2) is 5.29. The van der Waals surface area contributed by atoms with Gasteiger partial charge >= 0.3 is 5.97 Å². The maximum absolute atomic E-state index is 12.3. The van der Waals surface area contributed by atoms with Crippen LogP contribution < -0.4 is 0 Å². The van der Waals surface area contributed by atoms with Crippen molar-refractivity contribution >= 4 is 17.3 Å². The number of rotatable bonds is 4. The molecule has 0 unspecified atom stereocenters. The van der Waals surface area contributed by atoms with Crippen LogP contribution in [0.3, 0.4) is 0 Å². The van der Waals surface area contributed by atoms with Gasteiger partial charge in [0.05, 0.1) is 21.5 Å². The molecular weight excluding hydrogens is 304 g/mol. The highest BCUT2D eigenvalue weighted by atomic mass is 16.6. The minimum Gasteiger partial charge on any atom is -0.458 e. The molecule has 0 heterocycles. The first-order chi connectivity index (χ1) is 10.8. The van der Waals surface area contributed by atoms with Gasteiger partial charge in [0, 0.05) is 17.5 Å². The molecule has 0 amide bonds. The molecule has 3 rings (SSSR count). The molecule has 1 aromatic carbocycles. The van der Waals surface area contributed by atoms with Gasteiger partial charge in [-0.25, -0.2) is 4.79 Å². The predicted molar refractivity (Wildman–Crippen MR) is 79.0 cm³/mol. The van der Waals surface area contributed by atoms with Gasteiger partial charge in [-0.3, -0.25) is 20.2 Å². The highest BCUT2D eigenvalue weighted by Gasteiger charge is 2.50. The van der Waals surface area contributed by atoms with Gasteiger partial charge in [0.15, 0.2) is 0 Å². The number of fused-ring (bicyclic) bond motifs is 2. The molecule has 2 saturated carbocycles. The Labute approximate surface area is 131 Å². The van der Waals surface area contributed by atoms with Crippen LogP contribution in [-0.4, -0.2) is 21.9 Å². The van der Waals surface area contributed by atoms with Gasteiger partial charge in [-0.05, 0) is 31.6 Å². The number of carbonyl (C=O) groups is 1. The number of hydrogen-bond donors (Lipinski definition) is 0. The molecule has 2 bridgehead atoms. The van der Waals surface area contributed by atoms with E-state index in [2.05, 4.69) is 6.92 Å². The molecule has 2 aliphatic carbocycles. The zero-order valence-corrected chi connectivity index (χ0v) is 12.6. The number of hydrogen-bond acceptors (Lipinski definition) is 6. The molecule has 0 aromatic heterocycles. The van der Waals surface area contributed by atoms with Gasteiger partial charge in [-0.2, -0.15) is 0 Å². The third-order valence-corrected chi connectivity index (χ3v) is 5.01. The van der Waals surface area contributed by atoms with Crippen LogP contribution in [0, 0.1) is 31.6 Å². The molecule has 0 spiro atoms. The number of non-ortho nitro benzene ring substituents is 2. The Morgan fingerprint density at radius 3 is 2.26 bits per heavy atom. The average molecular weight is 320 g/mol. The summed E-state index contributed by atoms with van der Waals surface area (Å²) in [5.41, 5.74) is -1.19. The standard InChI is InChI=1S/C15H16N2O6/c1-15-3-2-9(8-15)4-13(15)23-14(18)10-5-11(16(19)20)7-12(6-10)17(21)22/h5-7,9,13H,2-4,8H2,1H3/t9-,13+,15+/m1/s1. The summed E-state index contributed by atoms with van der Waals surface area (Å²) in [7, 11) is 0. The lowest BCUT2D eigenvalue weighted by Crippen LogP contribution is -2.32. The average Bonchev–Trinajstić information content (AvgIpc) is 3.01. The Hall–Kier alpha value is -2.51. The van der Waals surface area contributed by atoms with Crippen molar-refractivity contribution in [2.24, 2.45) is 11.3 Å². The van der Waals surface area contributed by atoms with Crippen molar-refractivity contribution in [2.45, 2.75) is 38.7 Å². The number of nitrogens with zero attached hydrogens (tertiary/aromatic N) is 2. The van der Waals surface area contributed by atoms with E-state index in [-0.39, 0.29) is 17.1 Å². The fourth-order valence-corrected chi connectivity index (χ4v) is 3.79. The molecule has 0 saturated heterocycles. The smallest absolute Gasteiger partial charge is 0.338 e. The van der Waals surface area contributed by atoms with Crippen LogP contribution in [0.25, 0.3) is 0 Å². The lowest BCUT2D eigenvalue weighted by atomic mass is 9.84. The fraction of sp³-hybridized carbons (Fsp3) is 0.533. The summed E-state index contributed by atoms with van der Waals surface area (Å²) >= 11 is 0. The predicted octanol–water partition coefficient (Wildman–Crippen LogP) is 3.24. The van der Waals surface area contributed by atoms with Crippen LogP contribution in [0.2, 0.25) is 0 Å². The largest absolute Gasteiger partial charge is 0.458 e. The Morgan fingerprint density at radius 2 is 1.83 bits per heavy atom. The number of ether oxygens (including phenoxy) is 1. The summed E-state index contributed by atoms with van der Waals surface area (Å²) in [6.45, 7) is 2.08. The fourth-order valence-electron chi connectivity index (χ4n) is 3.79. The van der Waals surface area contributed by atoms with Gasteiger partial charge in [-0.15, -0.1) is 0 Å². The minimum absolute atomic E-state index is 0.0486. The summed E-state index contributed by atoms with van der Waals surface area (Å²) in [4.78, 5) is 32.5. The van der Waals surface area contributed by atoms with E-state index in [1.54, 1.807) is 0 Å². The Balaban J connectivity index is 1.84. The van der Waals surface area contributed by atoms with Crippen molar-refractivity contribution in [3.63, 3.8) is 0 Å². The van der Waals surface area contributed by atoms with Crippen LogP contribution in [-0.2, 0) is 4.74 Å². The summed E-state index contributed by atoms with van der Waals surface area (Å²) in [6, 6.07) is 2.87. The minimum atomic E-state index is -0.761. The second-order valence-electron chi connectivity index (χ2n) is 6.64. The van der Waals surface area contributed by atoms with Crippen molar-refractivity contribution in [3.05, 3.63) is 44.0 Å². The van der Waals surface area contributed by atoms with Gasteiger partial charge in [0.25, 0.3) is 11.4 Å². The molecule has 3 atom stereocenters. The quantitative estimate of drug-likeness (QED) is 0.478. The SMILES string of the molecule is C[C@@]12CC[C@H](C[C@@H]1OC(=O)c1cc([N+](=O)[O-])cc([N+](=O)[O-])c1)C2. The van der Waals surface area contributed by atoms with Gasteiger partial charge in [0.1, 0.15) is 6.10 Å². The van der Waals surface area contributed by atoms with E-state index in [1.165, 1.54) is 0 Å². The zero-order valence-electron chi connectivity index (χ0n) is 12.6. The molecule has 8 nitrogen and oxygen atoms in total. The number of esters is 1. The highest BCUT2D eigenvalue weighted by molar-refractivity contribution is 5.91. The topological polar surface area (TPSA) is 113 Å². The maximum atomic E-state index is 12.3. The molecule has 0 N–H and O–H groups in total. The maximum Gasteiger partial charge on any atom is 0.338 e. The van der Waals surface area contributed by atoms with Gasteiger partial charge in [-0.1, -0.05) is 6.92 Å². The monoisotopic (exact) mass is 320 g/mol. The molecule has 1 aromatic rings. The molecule has 122 valence electrons. The number of nitro groups is 2. The first-order valence-corrected chi connectivity index (χ1v) is 7.43. The molecular formula is C15H16N2O6. The van der Waals surface area contributed by atoms with Gasteiger partial charge < -0.3 is 4.74 Å². The first-order valence-electron chi connectivity index (χ1n) is 7.43. The van der Waals surface area contributed by atoms with E-state index >= 15 is 0 Å². The molecule has 23 heavy (non-hydrogen) atoms. The molecule has 2 aliphatic rings.